The van der Waals surface area contributed by atoms with Gasteiger partial charge in [-0.2, -0.15) is 4.31 Å². The number of nitrogens with one attached hydrogen (secondary N) is 1. The predicted molar refractivity (Wildman–Crippen MR) is 132 cm³/mol. The molecule has 9 heteroatoms. The second kappa shape index (κ2) is 9.47. The summed E-state index contributed by atoms with van der Waals surface area (Å²) < 4.78 is 34.0. The van der Waals surface area contributed by atoms with E-state index < -0.39 is 10.0 Å². The van der Waals surface area contributed by atoms with E-state index in [1.165, 1.54) is 21.5 Å². The Morgan fingerprint density at radius 2 is 1.94 bits per heavy atom. The Labute approximate surface area is 205 Å². The number of amides is 2. The summed E-state index contributed by atoms with van der Waals surface area (Å²) in [6, 6.07) is 13.3. The minimum Gasteiger partial charge on any atom is -0.482 e. The number of piperidine rings is 1. The molecule has 184 valence electrons. The van der Waals surface area contributed by atoms with Gasteiger partial charge in [0.25, 0.3) is 5.91 Å². The molecule has 0 bridgehead atoms. The van der Waals surface area contributed by atoms with Crippen LogP contribution in [0.2, 0.25) is 0 Å². The second-order valence-corrected chi connectivity index (χ2v) is 11.2. The number of benzene rings is 2. The zero-order valence-electron chi connectivity index (χ0n) is 19.7. The van der Waals surface area contributed by atoms with Crippen molar-refractivity contribution in [2.45, 2.75) is 31.1 Å². The van der Waals surface area contributed by atoms with Crippen molar-refractivity contribution < 1.29 is 22.7 Å². The number of fused-ring (bicyclic) bond motifs is 1. The van der Waals surface area contributed by atoms with E-state index in [9.17, 15) is 18.0 Å². The fourth-order valence-electron chi connectivity index (χ4n) is 5.04. The summed E-state index contributed by atoms with van der Waals surface area (Å²) in [5.41, 5.74) is 3.41. The molecule has 3 heterocycles. The van der Waals surface area contributed by atoms with Gasteiger partial charge in [0.1, 0.15) is 5.75 Å². The first-order chi connectivity index (χ1) is 16.8. The molecule has 1 saturated heterocycles. The zero-order chi connectivity index (χ0) is 24.6. The van der Waals surface area contributed by atoms with Crippen LogP contribution in [0.4, 0.5) is 5.69 Å². The van der Waals surface area contributed by atoms with Crippen molar-refractivity contribution >= 4 is 33.1 Å². The summed E-state index contributed by atoms with van der Waals surface area (Å²) in [7, 11) is -3.82. The highest BCUT2D eigenvalue weighted by Crippen LogP contribution is 2.35. The molecule has 2 aromatic rings. The number of aryl methyl sites for hydroxylation is 1. The first kappa shape index (κ1) is 23.6. The summed E-state index contributed by atoms with van der Waals surface area (Å²) in [6.45, 7) is 3.27. The highest BCUT2D eigenvalue weighted by atomic mass is 32.2. The quantitative estimate of drug-likeness (QED) is 0.704. The minimum atomic E-state index is -3.82. The van der Waals surface area contributed by atoms with Crippen LogP contribution in [0.1, 0.15) is 30.4 Å². The average molecular weight is 496 g/mol. The van der Waals surface area contributed by atoms with Gasteiger partial charge in [0.15, 0.2) is 6.61 Å². The molecule has 5 rings (SSSR count). The molecule has 1 N–H and O–H groups in total. The standard InChI is InChI=1S/C26H29N3O5S/c1-18-14-22-23(34-17-25(30)27-22)15-24(18)35(32,33)29-11-5-8-21(16-29)26(31)28-12-9-20(10-13-28)19-6-3-2-4-7-19/h2-4,6-7,9,14-15,21H,5,8,10-13,16-17H2,1H3,(H,27,30)/t21-/m1/s1. The van der Waals surface area contributed by atoms with Crippen LogP contribution in [0, 0.1) is 12.8 Å². The third-order valence-corrected chi connectivity index (χ3v) is 8.93. The molecule has 8 nitrogen and oxygen atoms in total. The Hall–Kier alpha value is -3.17. The van der Waals surface area contributed by atoms with E-state index in [0.29, 0.717) is 49.5 Å². The first-order valence-corrected chi connectivity index (χ1v) is 13.4. The van der Waals surface area contributed by atoms with Crippen molar-refractivity contribution in [3.05, 3.63) is 59.7 Å². The Morgan fingerprint density at radius 1 is 1.14 bits per heavy atom. The summed E-state index contributed by atoms with van der Waals surface area (Å²) >= 11 is 0. The van der Waals surface area contributed by atoms with Crippen LogP contribution in [0.25, 0.3) is 5.57 Å². The molecule has 0 spiro atoms. The number of anilines is 1. The number of hydrogen-bond acceptors (Lipinski definition) is 5. The highest BCUT2D eigenvalue weighted by Gasteiger charge is 2.36. The van der Waals surface area contributed by atoms with E-state index >= 15 is 0 Å². The number of sulfonamides is 1. The average Bonchev–Trinajstić information content (AvgIpc) is 2.88. The third kappa shape index (κ3) is 4.70. The lowest BCUT2D eigenvalue weighted by Crippen LogP contribution is -2.47. The molecule has 0 saturated carbocycles. The predicted octanol–water partition coefficient (Wildman–Crippen LogP) is 3.04. The minimum absolute atomic E-state index is 0.0153. The van der Waals surface area contributed by atoms with Crippen molar-refractivity contribution in [2.75, 3.05) is 38.1 Å². The van der Waals surface area contributed by atoms with E-state index in [1.807, 2.05) is 23.1 Å². The lowest BCUT2D eigenvalue weighted by atomic mass is 9.95. The maximum atomic E-state index is 13.6. The molecule has 2 aromatic carbocycles. The first-order valence-electron chi connectivity index (χ1n) is 11.9. The molecule has 3 aliphatic rings. The second-order valence-electron chi connectivity index (χ2n) is 9.28. The van der Waals surface area contributed by atoms with Gasteiger partial charge in [-0.15, -0.1) is 0 Å². The number of carbonyl (C=O) groups is 2. The lowest BCUT2D eigenvalue weighted by Gasteiger charge is -2.35. The summed E-state index contributed by atoms with van der Waals surface area (Å²) in [4.78, 5) is 26.9. The number of rotatable bonds is 4. The van der Waals surface area contributed by atoms with Gasteiger partial charge in [-0.05, 0) is 49.0 Å². The van der Waals surface area contributed by atoms with E-state index in [-0.39, 0.29) is 35.8 Å². The van der Waals surface area contributed by atoms with Gasteiger partial charge in [-0.25, -0.2) is 8.42 Å². The van der Waals surface area contributed by atoms with Crippen LogP contribution in [-0.2, 0) is 19.6 Å². The summed E-state index contributed by atoms with van der Waals surface area (Å²) in [5.74, 6) is -0.277. The Kier molecular flexibility index (Phi) is 6.37. The van der Waals surface area contributed by atoms with Crippen LogP contribution in [0.3, 0.4) is 0 Å². The van der Waals surface area contributed by atoms with Crippen LogP contribution in [-0.4, -0.2) is 62.2 Å². The van der Waals surface area contributed by atoms with Gasteiger partial charge < -0.3 is 15.0 Å². The maximum absolute atomic E-state index is 13.6. The van der Waals surface area contributed by atoms with E-state index in [2.05, 4.69) is 23.5 Å². The van der Waals surface area contributed by atoms with Crippen LogP contribution in [0.5, 0.6) is 5.75 Å². The van der Waals surface area contributed by atoms with Gasteiger partial charge in [-0.1, -0.05) is 36.4 Å². The maximum Gasteiger partial charge on any atom is 0.262 e. The molecule has 0 aromatic heterocycles. The number of ether oxygens (including phenoxy) is 1. The van der Waals surface area contributed by atoms with Crippen molar-refractivity contribution in [3.63, 3.8) is 0 Å². The number of hydrogen-bond donors (Lipinski definition) is 1. The summed E-state index contributed by atoms with van der Waals surface area (Å²) in [5, 5.41) is 2.70. The third-order valence-electron chi connectivity index (χ3n) is 6.93. The zero-order valence-corrected chi connectivity index (χ0v) is 20.5. The molecule has 0 unspecified atom stereocenters. The lowest BCUT2D eigenvalue weighted by molar-refractivity contribution is -0.136. The van der Waals surface area contributed by atoms with Crippen LogP contribution < -0.4 is 10.1 Å². The van der Waals surface area contributed by atoms with Gasteiger partial charge in [0.2, 0.25) is 15.9 Å². The fourth-order valence-corrected chi connectivity index (χ4v) is 6.78. The molecule has 1 fully saturated rings. The van der Waals surface area contributed by atoms with Crippen LogP contribution in [0.15, 0.2) is 53.4 Å². The Morgan fingerprint density at radius 3 is 2.69 bits per heavy atom. The summed E-state index contributed by atoms with van der Waals surface area (Å²) in [6.07, 6.45) is 4.19. The topological polar surface area (TPSA) is 96.0 Å². The van der Waals surface area contributed by atoms with Gasteiger partial charge in [0.05, 0.1) is 16.5 Å². The molecular weight excluding hydrogens is 466 g/mol. The van der Waals surface area contributed by atoms with Crippen molar-refractivity contribution in [1.29, 1.82) is 0 Å². The van der Waals surface area contributed by atoms with E-state index in [0.717, 1.165) is 6.42 Å². The van der Waals surface area contributed by atoms with Gasteiger partial charge in [-0.3, -0.25) is 9.59 Å². The van der Waals surface area contributed by atoms with E-state index in [4.69, 9.17) is 4.74 Å². The molecule has 0 radical (unpaired) electrons. The van der Waals surface area contributed by atoms with Crippen molar-refractivity contribution in [1.82, 2.24) is 9.21 Å². The van der Waals surface area contributed by atoms with Crippen LogP contribution >= 0.6 is 0 Å². The smallest absolute Gasteiger partial charge is 0.262 e. The molecular formula is C26H29N3O5S. The number of nitrogens with zero attached hydrogens (tertiary/aromatic N) is 2. The SMILES string of the molecule is Cc1cc2c(cc1S(=O)(=O)N1CCC[C@@H](C(=O)N3CC=C(c4ccccc4)CC3)C1)OCC(=O)N2. The van der Waals surface area contributed by atoms with Crippen molar-refractivity contribution in [2.24, 2.45) is 5.92 Å². The monoisotopic (exact) mass is 495 g/mol. The highest BCUT2D eigenvalue weighted by molar-refractivity contribution is 7.89. The normalized spacial score (nSPS) is 20.9. The van der Waals surface area contributed by atoms with Crippen molar-refractivity contribution in [3.8, 4) is 5.75 Å². The molecule has 35 heavy (non-hydrogen) atoms. The Bertz CT molecular complexity index is 1290. The van der Waals surface area contributed by atoms with Gasteiger partial charge >= 0.3 is 0 Å². The fraction of sp³-hybridized carbons (Fsp3) is 0.385. The molecule has 3 aliphatic heterocycles. The van der Waals surface area contributed by atoms with Gasteiger partial charge in [0, 0.05) is 32.2 Å². The molecule has 1 atom stereocenters. The largest absolute Gasteiger partial charge is 0.482 e. The van der Waals surface area contributed by atoms with E-state index in [1.54, 1.807) is 13.0 Å². The number of carbonyl (C=O) groups excluding carboxylic acids is 2. The Balaban J connectivity index is 1.30. The molecule has 0 aliphatic carbocycles. The molecule has 2 amide bonds.